The number of H-pyrrole nitrogens is 2. The SMILES string of the molecule is C[C@@H]1CC[C@H](CN(C)c2ncnc3[nH]ccc23)N1C(=O)c1cc2ccccc2[nH]1. The third-order valence-corrected chi connectivity index (χ3v) is 5.96. The number of para-hydroxylation sites is 1. The van der Waals surface area contributed by atoms with Crippen molar-refractivity contribution < 1.29 is 4.79 Å². The highest BCUT2D eigenvalue weighted by molar-refractivity contribution is 5.98. The van der Waals surface area contributed by atoms with Gasteiger partial charge in [0.25, 0.3) is 5.91 Å². The van der Waals surface area contributed by atoms with E-state index in [-0.39, 0.29) is 18.0 Å². The van der Waals surface area contributed by atoms with Gasteiger partial charge in [-0.25, -0.2) is 9.97 Å². The fraction of sp³-hybridized carbons (Fsp3) is 0.318. The van der Waals surface area contributed by atoms with E-state index < -0.39 is 0 Å². The summed E-state index contributed by atoms with van der Waals surface area (Å²) in [5.41, 5.74) is 2.47. The predicted molar refractivity (Wildman–Crippen MR) is 114 cm³/mol. The number of likely N-dealkylation sites (tertiary alicyclic amines) is 1. The Bertz CT molecular complexity index is 1150. The second-order valence-corrected chi connectivity index (χ2v) is 7.88. The molecule has 4 aromatic rings. The summed E-state index contributed by atoms with van der Waals surface area (Å²) in [6.45, 7) is 2.86. The lowest BCUT2D eigenvalue weighted by Crippen LogP contribution is -2.45. The Morgan fingerprint density at radius 1 is 1.24 bits per heavy atom. The molecule has 1 amide bonds. The van der Waals surface area contributed by atoms with Gasteiger partial charge in [-0.05, 0) is 38.0 Å². The molecule has 2 atom stereocenters. The summed E-state index contributed by atoms with van der Waals surface area (Å²) < 4.78 is 0. The van der Waals surface area contributed by atoms with E-state index in [1.165, 1.54) is 0 Å². The fourth-order valence-electron chi connectivity index (χ4n) is 4.51. The predicted octanol–water partition coefficient (Wildman–Crippen LogP) is 3.57. The van der Waals surface area contributed by atoms with Crippen molar-refractivity contribution in [3.8, 4) is 0 Å². The van der Waals surface area contributed by atoms with Gasteiger partial charge >= 0.3 is 0 Å². The molecule has 0 spiro atoms. The van der Waals surface area contributed by atoms with Crippen molar-refractivity contribution in [1.82, 2.24) is 24.8 Å². The van der Waals surface area contributed by atoms with Crippen LogP contribution in [0.3, 0.4) is 0 Å². The lowest BCUT2D eigenvalue weighted by Gasteiger charge is -2.31. The van der Waals surface area contributed by atoms with Crippen molar-refractivity contribution in [2.75, 3.05) is 18.5 Å². The summed E-state index contributed by atoms with van der Waals surface area (Å²) >= 11 is 0. The van der Waals surface area contributed by atoms with Crippen molar-refractivity contribution in [3.63, 3.8) is 0 Å². The summed E-state index contributed by atoms with van der Waals surface area (Å²) in [6, 6.07) is 12.3. The van der Waals surface area contributed by atoms with Gasteiger partial charge in [0.15, 0.2) is 0 Å². The van der Waals surface area contributed by atoms with E-state index in [1.54, 1.807) is 6.33 Å². The molecule has 0 unspecified atom stereocenters. The van der Waals surface area contributed by atoms with Gasteiger partial charge in [-0.1, -0.05) is 18.2 Å². The highest BCUT2D eigenvalue weighted by atomic mass is 16.2. The van der Waals surface area contributed by atoms with Crippen LogP contribution in [0.15, 0.2) is 48.9 Å². The minimum absolute atomic E-state index is 0.0686. The van der Waals surface area contributed by atoms with Gasteiger partial charge in [0.2, 0.25) is 0 Å². The Morgan fingerprint density at radius 2 is 2.10 bits per heavy atom. The number of aromatic nitrogens is 4. The number of benzene rings is 1. The quantitative estimate of drug-likeness (QED) is 0.560. The number of likely N-dealkylation sites (N-methyl/N-ethyl adjacent to an activating group) is 1. The molecule has 5 rings (SSSR count). The van der Waals surface area contributed by atoms with E-state index in [2.05, 4.69) is 31.8 Å². The number of fused-ring (bicyclic) bond motifs is 2. The second-order valence-electron chi connectivity index (χ2n) is 7.88. The van der Waals surface area contributed by atoms with E-state index in [0.29, 0.717) is 5.69 Å². The molecule has 7 nitrogen and oxygen atoms in total. The first-order valence-corrected chi connectivity index (χ1v) is 10.0. The molecule has 4 heterocycles. The van der Waals surface area contributed by atoms with Crippen LogP contribution in [0.25, 0.3) is 21.9 Å². The maximum atomic E-state index is 13.4. The molecular weight excluding hydrogens is 364 g/mol. The third-order valence-electron chi connectivity index (χ3n) is 5.96. The molecule has 3 aromatic heterocycles. The van der Waals surface area contributed by atoms with Crippen molar-refractivity contribution in [2.45, 2.75) is 31.8 Å². The van der Waals surface area contributed by atoms with Crippen molar-refractivity contribution in [3.05, 3.63) is 54.6 Å². The molecule has 1 saturated heterocycles. The van der Waals surface area contributed by atoms with E-state index in [4.69, 9.17) is 0 Å². The molecule has 1 aliphatic heterocycles. The van der Waals surface area contributed by atoms with Gasteiger partial charge in [-0.3, -0.25) is 4.79 Å². The highest BCUT2D eigenvalue weighted by Gasteiger charge is 2.36. The minimum Gasteiger partial charge on any atom is -0.357 e. The Morgan fingerprint density at radius 3 is 2.97 bits per heavy atom. The Kier molecular flexibility index (Phi) is 4.23. The number of hydrogen-bond acceptors (Lipinski definition) is 4. The monoisotopic (exact) mass is 388 g/mol. The van der Waals surface area contributed by atoms with Crippen molar-refractivity contribution in [2.24, 2.45) is 0 Å². The number of rotatable bonds is 4. The van der Waals surface area contributed by atoms with Crippen LogP contribution in [0, 0.1) is 0 Å². The van der Waals surface area contributed by atoms with Gasteiger partial charge in [0.05, 0.1) is 5.39 Å². The maximum Gasteiger partial charge on any atom is 0.270 e. The van der Waals surface area contributed by atoms with E-state index >= 15 is 0 Å². The van der Waals surface area contributed by atoms with Gasteiger partial charge in [-0.15, -0.1) is 0 Å². The number of carbonyl (C=O) groups excluding carboxylic acids is 1. The zero-order valence-corrected chi connectivity index (χ0v) is 16.6. The van der Waals surface area contributed by atoms with Gasteiger partial charge in [0.1, 0.15) is 23.5 Å². The first kappa shape index (κ1) is 17.7. The molecule has 0 saturated carbocycles. The fourth-order valence-corrected chi connectivity index (χ4v) is 4.51. The van der Waals surface area contributed by atoms with E-state index in [0.717, 1.165) is 47.1 Å². The lowest BCUT2D eigenvalue weighted by molar-refractivity contribution is 0.0679. The summed E-state index contributed by atoms with van der Waals surface area (Å²) in [6.07, 6.45) is 5.45. The topological polar surface area (TPSA) is 80.9 Å². The average molecular weight is 388 g/mol. The number of hydrogen-bond donors (Lipinski definition) is 2. The van der Waals surface area contributed by atoms with Crippen LogP contribution in [0.5, 0.6) is 0 Å². The highest BCUT2D eigenvalue weighted by Crippen LogP contribution is 2.29. The van der Waals surface area contributed by atoms with Crippen LogP contribution in [0.2, 0.25) is 0 Å². The minimum atomic E-state index is 0.0686. The number of nitrogens with zero attached hydrogens (tertiary/aromatic N) is 4. The summed E-state index contributed by atoms with van der Waals surface area (Å²) in [4.78, 5) is 32.7. The smallest absolute Gasteiger partial charge is 0.270 e. The molecule has 0 bridgehead atoms. The molecule has 7 heteroatoms. The number of carbonyl (C=O) groups is 1. The van der Waals surface area contributed by atoms with Crippen molar-refractivity contribution in [1.29, 1.82) is 0 Å². The van der Waals surface area contributed by atoms with E-state index in [1.807, 2.05) is 54.5 Å². The number of nitrogens with one attached hydrogen (secondary N) is 2. The van der Waals surface area contributed by atoms with Crippen LogP contribution in [-0.2, 0) is 0 Å². The Hall–Kier alpha value is -3.35. The Labute approximate surface area is 168 Å². The summed E-state index contributed by atoms with van der Waals surface area (Å²) in [5, 5.41) is 2.06. The molecule has 1 aromatic carbocycles. The first-order chi connectivity index (χ1) is 14.1. The Balaban J connectivity index is 1.40. The van der Waals surface area contributed by atoms with Gasteiger partial charge in [0, 0.05) is 42.8 Å². The third kappa shape index (κ3) is 3.03. The van der Waals surface area contributed by atoms with Gasteiger partial charge < -0.3 is 19.8 Å². The summed E-state index contributed by atoms with van der Waals surface area (Å²) in [7, 11) is 2.03. The van der Waals surface area contributed by atoms with Crippen LogP contribution in [0.4, 0.5) is 5.82 Å². The molecular formula is C22H24N6O. The van der Waals surface area contributed by atoms with E-state index in [9.17, 15) is 4.79 Å². The largest absolute Gasteiger partial charge is 0.357 e. The molecule has 1 fully saturated rings. The second kappa shape index (κ2) is 6.92. The average Bonchev–Trinajstić information content (AvgIpc) is 3.45. The normalized spacial score (nSPS) is 19.3. The molecule has 148 valence electrons. The molecule has 0 radical (unpaired) electrons. The molecule has 29 heavy (non-hydrogen) atoms. The van der Waals surface area contributed by atoms with Crippen LogP contribution in [-0.4, -0.2) is 56.4 Å². The number of amides is 1. The zero-order valence-electron chi connectivity index (χ0n) is 16.6. The lowest BCUT2D eigenvalue weighted by atomic mass is 10.2. The summed E-state index contributed by atoms with van der Waals surface area (Å²) in [5.74, 6) is 0.952. The first-order valence-electron chi connectivity index (χ1n) is 10.0. The van der Waals surface area contributed by atoms with Crippen LogP contribution >= 0.6 is 0 Å². The van der Waals surface area contributed by atoms with Gasteiger partial charge in [-0.2, -0.15) is 0 Å². The molecule has 2 N–H and O–H groups in total. The van der Waals surface area contributed by atoms with Crippen LogP contribution < -0.4 is 4.90 Å². The standard InChI is InChI=1S/C22H24N6O/c1-14-7-8-16(12-27(2)21-17-9-10-23-20(17)24-13-25-21)28(14)22(29)19-11-15-5-3-4-6-18(15)26-19/h3-6,9-11,13-14,16,26H,7-8,12H2,1-2H3,(H,23,24,25)/t14-,16-/m1/s1. The maximum absolute atomic E-state index is 13.4. The van der Waals surface area contributed by atoms with Crippen molar-refractivity contribution >= 4 is 33.7 Å². The molecule has 0 aliphatic carbocycles. The number of anilines is 1. The molecule has 1 aliphatic rings. The number of aromatic amines is 2. The zero-order chi connectivity index (χ0) is 20.0. The van der Waals surface area contributed by atoms with Crippen LogP contribution in [0.1, 0.15) is 30.3 Å².